The molecule has 1 aromatic rings. The number of nitrogens with zero attached hydrogens (tertiary/aromatic N) is 1. The third-order valence-corrected chi connectivity index (χ3v) is 5.48. The number of rotatable bonds is 8. The lowest BCUT2D eigenvalue weighted by Gasteiger charge is -2.30. The van der Waals surface area contributed by atoms with E-state index in [0.717, 1.165) is 31.2 Å². The maximum Gasteiger partial charge on any atom is 0.245 e. The third kappa shape index (κ3) is 5.63. The Morgan fingerprint density at radius 2 is 1.82 bits per heavy atom. The summed E-state index contributed by atoms with van der Waals surface area (Å²) in [6.07, 6.45) is 5.22. The number of methoxy groups -OCH3 is 2. The lowest BCUT2D eigenvalue weighted by atomic mass is 9.88. The van der Waals surface area contributed by atoms with E-state index in [2.05, 4.69) is 5.32 Å². The molecule has 2 rings (SSSR count). The first kappa shape index (κ1) is 22.1. The summed E-state index contributed by atoms with van der Waals surface area (Å²) in [5.74, 6) is 1.36. The van der Waals surface area contributed by atoms with Crippen LogP contribution in [0.3, 0.4) is 0 Å². The van der Waals surface area contributed by atoms with Crippen molar-refractivity contribution < 1.29 is 19.1 Å². The normalized spacial score (nSPS) is 15.8. The first-order chi connectivity index (χ1) is 13.4. The minimum absolute atomic E-state index is 0.0141. The first-order valence-corrected chi connectivity index (χ1v) is 10.1. The van der Waals surface area contributed by atoms with Crippen molar-refractivity contribution in [1.29, 1.82) is 0 Å². The van der Waals surface area contributed by atoms with Crippen LogP contribution in [0.25, 0.3) is 0 Å². The quantitative estimate of drug-likeness (QED) is 0.739. The summed E-state index contributed by atoms with van der Waals surface area (Å²) in [5.41, 5.74) is 0.889. The van der Waals surface area contributed by atoms with Gasteiger partial charge in [0.2, 0.25) is 11.8 Å². The Labute approximate surface area is 168 Å². The minimum atomic E-state index is -0.524. The maximum absolute atomic E-state index is 13.1. The Hall–Kier alpha value is -2.24. The molecule has 0 radical (unpaired) electrons. The Kier molecular flexibility index (Phi) is 8.15. The molecule has 0 aliphatic heterocycles. The highest BCUT2D eigenvalue weighted by atomic mass is 16.5. The van der Waals surface area contributed by atoms with E-state index in [-0.39, 0.29) is 23.7 Å². The molecule has 0 spiro atoms. The Morgan fingerprint density at radius 3 is 2.39 bits per heavy atom. The summed E-state index contributed by atoms with van der Waals surface area (Å²) in [6.45, 7) is 4.32. The molecule has 1 saturated carbocycles. The van der Waals surface area contributed by atoms with Crippen molar-refractivity contribution in [2.75, 3.05) is 21.3 Å². The van der Waals surface area contributed by atoms with Gasteiger partial charge in [-0.15, -0.1) is 0 Å². The van der Waals surface area contributed by atoms with Gasteiger partial charge in [0.1, 0.15) is 17.5 Å². The maximum atomic E-state index is 13.1. The Morgan fingerprint density at radius 1 is 1.14 bits per heavy atom. The fourth-order valence-electron chi connectivity index (χ4n) is 3.70. The second kappa shape index (κ2) is 10.3. The molecule has 1 unspecified atom stereocenters. The van der Waals surface area contributed by atoms with Gasteiger partial charge in [0, 0.05) is 31.1 Å². The number of nitrogens with one attached hydrogen (secondary N) is 1. The van der Waals surface area contributed by atoms with E-state index in [1.54, 1.807) is 32.2 Å². The van der Waals surface area contributed by atoms with E-state index in [1.807, 2.05) is 26.0 Å². The molecule has 0 heterocycles. The monoisotopic (exact) mass is 390 g/mol. The summed E-state index contributed by atoms with van der Waals surface area (Å²) >= 11 is 0. The SMILES string of the molecule is COc1ccc(CN(C)C(=O)C(NC(=O)C2CCCCC2)C(C)C)c(OC)c1. The molecule has 1 N–H and O–H groups in total. The van der Waals surface area contributed by atoms with E-state index >= 15 is 0 Å². The van der Waals surface area contributed by atoms with Gasteiger partial charge in [-0.25, -0.2) is 0 Å². The van der Waals surface area contributed by atoms with Crippen molar-refractivity contribution in [2.24, 2.45) is 11.8 Å². The molecule has 1 fully saturated rings. The van der Waals surface area contributed by atoms with Crippen molar-refractivity contribution in [3.05, 3.63) is 23.8 Å². The van der Waals surface area contributed by atoms with Gasteiger partial charge in [0.05, 0.1) is 14.2 Å². The topological polar surface area (TPSA) is 67.9 Å². The number of amides is 2. The van der Waals surface area contributed by atoms with Crippen LogP contribution >= 0.6 is 0 Å². The average molecular weight is 391 g/mol. The minimum Gasteiger partial charge on any atom is -0.497 e. The van der Waals surface area contributed by atoms with Crippen LogP contribution in [-0.2, 0) is 16.1 Å². The van der Waals surface area contributed by atoms with Crippen LogP contribution in [0, 0.1) is 11.8 Å². The van der Waals surface area contributed by atoms with Crippen LogP contribution in [0.15, 0.2) is 18.2 Å². The molecule has 156 valence electrons. The van der Waals surface area contributed by atoms with Crippen LogP contribution < -0.4 is 14.8 Å². The zero-order valence-corrected chi connectivity index (χ0v) is 17.8. The lowest BCUT2D eigenvalue weighted by Crippen LogP contribution is -2.51. The van der Waals surface area contributed by atoms with Gasteiger partial charge in [-0.05, 0) is 30.9 Å². The highest BCUT2D eigenvalue weighted by Crippen LogP contribution is 2.26. The second-order valence-electron chi connectivity index (χ2n) is 7.94. The molecular formula is C22H34N2O4. The van der Waals surface area contributed by atoms with Crippen LogP contribution in [-0.4, -0.2) is 44.0 Å². The van der Waals surface area contributed by atoms with Gasteiger partial charge in [-0.2, -0.15) is 0 Å². The van der Waals surface area contributed by atoms with Crippen LogP contribution in [0.4, 0.5) is 0 Å². The van der Waals surface area contributed by atoms with Crippen LogP contribution in [0.1, 0.15) is 51.5 Å². The third-order valence-electron chi connectivity index (χ3n) is 5.48. The van der Waals surface area contributed by atoms with Gasteiger partial charge < -0.3 is 19.7 Å². The van der Waals surface area contributed by atoms with Gasteiger partial charge in [-0.1, -0.05) is 33.1 Å². The largest absolute Gasteiger partial charge is 0.497 e. The zero-order valence-electron chi connectivity index (χ0n) is 17.8. The van der Waals surface area contributed by atoms with E-state index in [0.29, 0.717) is 18.0 Å². The predicted octanol–water partition coefficient (Wildman–Crippen LogP) is 3.38. The van der Waals surface area contributed by atoms with Crippen molar-refractivity contribution in [2.45, 2.75) is 58.5 Å². The molecule has 2 amide bonds. The molecule has 1 atom stereocenters. The standard InChI is InChI=1S/C22H34N2O4/c1-15(2)20(23-21(25)16-9-7-6-8-10-16)22(26)24(3)14-17-11-12-18(27-4)13-19(17)28-5/h11-13,15-16,20H,6-10,14H2,1-5H3,(H,23,25). The van der Waals surface area contributed by atoms with Gasteiger partial charge in [0.15, 0.2) is 0 Å². The highest BCUT2D eigenvalue weighted by Gasteiger charge is 2.30. The summed E-state index contributed by atoms with van der Waals surface area (Å²) in [5, 5.41) is 3.02. The van der Waals surface area contributed by atoms with E-state index < -0.39 is 6.04 Å². The number of likely N-dealkylation sites (N-methyl/N-ethyl adjacent to an activating group) is 1. The summed E-state index contributed by atoms with van der Waals surface area (Å²) in [6, 6.07) is 5.02. The molecule has 0 aromatic heterocycles. The van der Waals surface area contributed by atoms with Crippen LogP contribution in [0.5, 0.6) is 11.5 Å². The van der Waals surface area contributed by atoms with Crippen molar-refractivity contribution in [1.82, 2.24) is 10.2 Å². The van der Waals surface area contributed by atoms with Gasteiger partial charge >= 0.3 is 0 Å². The number of benzene rings is 1. The Balaban J connectivity index is 2.06. The summed E-state index contributed by atoms with van der Waals surface area (Å²) in [4.78, 5) is 27.4. The van der Waals surface area contributed by atoms with E-state index in [4.69, 9.17) is 9.47 Å². The summed E-state index contributed by atoms with van der Waals surface area (Å²) < 4.78 is 10.7. The molecule has 0 saturated heterocycles. The number of carbonyl (C=O) groups is 2. The molecule has 1 aromatic carbocycles. The first-order valence-electron chi connectivity index (χ1n) is 10.1. The molecular weight excluding hydrogens is 356 g/mol. The van der Waals surface area contributed by atoms with Crippen molar-refractivity contribution in [3.63, 3.8) is 0 Å². The fourth-order valence-corrected chi connectivity index (χ4v) is 3.70. The zero-order chi connectivity index (χ0) is 20.7. The smallest absolute Gasteiger partial charge is 0.245 e. The molecule has 6 nitrogen and oxygen atoms in total. The second-order valence-corrected chi connectivity index (χ2v) is 7.94. The number of carbonyl (C=O) groups excluding carboxylic acids is 2. The molecule has 6 heteroatoms. The highest BCUT2D eigenvalue weighted by molar-refractivity contribution is 5.88. The molecule has 1 aliphatic carbocycles. The molecule has 0 bridgehead atoms. The number of ether oxygens (including phenoxy) is 2. The summed E-state index contributed by atoms with van der Waals surface area (Å²) in [7, 11) is 4.96. The molecule has 1 aliphatic rings. The number of hydrogen-bond donors (Lipinski definition) is 1. The van der Waals surface area contributed by atoms with Gasteiger partial charge in [0.25, 0.3) is 0 Å². The Bertz CT molecular complexity index is 669. The van der Waals surface area contributed by atoms with Crippen molar-refractivity contribution in [3.8, 4) is 11.5 Å². The lowest BCUT2D eigenvalue weighted by molar-refractivity contribution is -0.138. The van der Waals surface area contributed by atoms with Crippen molar-refractivity contribution >= 4 is 11.8 Å². The number of hydrogen-bond acceptors (Lipinski definition) is 4. The average Bonchev–Trinajstić information content (AvgIpc) is 2.71. The molecule has 28 heavy (non-hydrogen) atoms. The van der Waals surface area contributed by atoms with E-state index in [9.17, 15) is 9.59 Å². The van der Waals surface area contributed by atoms with E-state index in [1.165, 1.54) is 6.42 Å². The predicted molar refractivity (Wildman–Crippen MR) is 109 cm³/mol. The van der Waals surface area contributed by atoms with Crippen LogP contribution in [0.2, 0.25) is 0 Å². The fraction of sp³-hybridized carbons (Fsp3) is 0.636. The van der Waals surface area contributed by atoms with Gasteiger partial charge in [-0.3, -0.25) is 9.59 Å².